The van der Waals surface area contributed by atoms with Crippen LogP contribution in [-0.2, 0) is 12.8 Å². The number of hydrogen-bond acceptors (Lipinski definition) is 0. The third-order valence-corrected chi connectivity index (χ3v) is 5.59. The van der Waals surface area contributed by atoms with Crippen molar-refractivity contribution in [3.63, 3.8) is 0 Å². The monoisotopic (exact) mass is 348 g/mol. The minimum atomic E-state index is 0.126. The van der Waals surface area contributed by atoms with Crippen LogP contribution < -0.4 is 0 Å². The van der Waals surface area contributed by atoms with Gasteiger partial charge in [-0.1, -0.05) is 58.4 Å². The van der Waals surface area contributed by atoms with Gasteiger partial charge in [0.2, 0.25) is 0 Å². The SMILES string of the molecule is ClC1c2ccccc2CCCC1Cc1ccccc1Br. The quantitative estimate of drug-likeness (QED) is 0.466. The van der Waals surface area contributed by atoms with Gasteiger partial charge in [-0.05, 0) is 54.4 Å². The zero-order chi connectivity index (χ0) is 13.9. The average molecular weight is 350 g/mol. The molecule has 20 heavy (non-hydrogen) atoms. The largest absolute Gasteiger partial charge is 0.117 e. The Morgan fingerprint density at radius 1 is 1.05 bits per heavy atom. The molecule has 0 heterocycles. The van der Waals surface area contributed by atoms with Crippen LogP contribution in [0.3, 0.4) is 0 Å². The lowest BCUT2D eigenvalue weighted by atomic mass is 9.90. The van der Waals surface area contributed by atoms with Gasteiger partial charge in [0.25, 0.3) is 0 Å². The summed E-state index contributed by atoms with van der Waals surface area (Å²) >= 11 is 10.5. The van der Waals surface area contributed by atoms with E-state index in [-0.39, 0.29) is 5.38 Å². The first kappa shape index (κ1) is 14.2. The first-order chi connectivity index (χ1) is 9.75. The van der Waals surface area contributed by atoms with Gasteiger partial charge in [0.1, 0.15) is 0 Å². The maximum Gasteiger partial charge on any atom is 0.0619 e. The van der Waals surface area contributed by atoms with Crippen LogP contribution in [0.4, 0.5) is 0 Å². The van der Waals surface area contributed by atoms with Gasteiger partial charge in [-0.3, -0.25) is 0 Å². The van der Waals surface area contributed by atoms with Crippen LogP contribution in [-0.4, -0.2) is 0 Å². The van der Waals surface area contributed by atoms with Crippen LogP contribution in [0.5, 0.6) is 0 Å². The first-order valence-corrected chi connectivity index (χ1v) is 8.44. The molecule has 1 aliphatic carbocycles. The molecule has 0 fully saturated rings. The highest BCUT2D eigenvalue weighted by Gasteiger charge is 2.26. The molecule has 0 bridgehead atoms. The van der Waals surface area contributed by atoms with E-state index in [9.17, 15) is 0 Å². The van der Waals surface area contributed by atoms with Gasteiger partial charge < -0.3 is 0 Å². The Morgan fingerprint density at radius 2 is 1.80 bits per heavy atom. The van der Waals surface area contributed by atoms with E-state index in [1.165, 1.54) is 34.0 Å². The molecular weight excluding hydrogens is 332 g/mol. The number of benzene rings is 2. The maximum absolute atomic E-state index is 6.80. The molecular formula is C18H18BrCl. The van der Waals surface area contributed by atoms with E-state index in [1.807, 2.05) is 0 Å². The molecule has 0 spiro atoms. The molecule has 0 aliphatic heterocycles. The number of halogens is 2. The van der Waals surface area contributed by atoms with Crippen molar-refractivity contribution in [1.82, 2.24) is 0 Å². The van der Waals surface area contributed by atoms with Crippen molar-refractivity contribution in [2.75, 3.05) is 0 Å². The summed E-state index contributed by atoms with van der Waals surface area (Å²) in [7, 11) is 0. The van der Waals surface area contributed by atoms with E-state index in [1.54, 1.807) is 0 Å². The zero-order valence-electron chi connectivity index (χ0n) is 11.4. The second kappa shape index (κ2) is 6.32. The van der Waals surface area contributed by atoms with Crippen molar-refractivity contribution < 1.29 is 0 Å². The van der Waals surface area contributed by atoms with Crippen molar-refractivity contribution in [3.8, 4) is 0 Å². The summed E-state index contributed by atoms with van der Waals surface area (Å²) in [4.78, 5) is 0. The highest BCUT2D eigenvalue weighted by molar-refractivity contribution is 9.10. The predicted octanol–water partition coefficient (Wildman–Crippen LogP) is 5.92. The van der Waals surface area contributed by atoms with Crippen molar-refractivity contribution in [2.24, 2.45) is 5.92 Å². The number of hydrogen-bond donors (Lipinski definition) is 0. The van der Waals surface area contributed by atoms with Gasteiger partial charge in [-0.15, -0.1) is 11.6 Å². The highest BCUT2D eigenvalue weighted by atomic mass is 79.9. The highest BCUT2D eigenvalue weighted by Crippen LogP contribution is 2.40. The molecule has 0 saturated carbocycles. The summed E-state index contributed by atoms with van der Waals surface area (Å²) in [6, 6.07) is 17.1. The zero-order valence-corrected chi connectivity index (χ0v) is 13.7. The molecule has 0 N–H and O–H groups in total. The molecule has 2 aromatic rings. The summed E-state index contributed by atoms with van der Waals surface area (Å²) in [6.45, 7) is 0. The molecule has 2 aromatic carbocycles. The number of alkyl halides is 1. The normalized spacial score (nSPS) is 22.1. The molecule has 0 amide bonds. The van der Waals surface area contributed by atoms with Crippen LogP contribution in [0.25, 0.3) is 0 Å². The van der Waals surface area contributed by atoms with Crippen LogP contribution in [0, 0.1) is 5.92 Å². The standard InChI is InChI=1S/C18H18BrCl/c19-17-11-4-2-7-14(17)12-15-9-5-8-13-6-1-3-10-16(13)18(15)20/h1-4,6-7,10-11,15,18H,5,8-9,12H2. The van der Waals surface area contributed by atoms with E-state index in [4.69, 9.17) is 11.6 Å². The molecule has 2 heteroatoms. The van der Waals surface area contributed by atoms with E-state index in [0.717, 1.165) is 12.8 Å². The Bertz CT molecular complexity index is 593. The number of aryl methyl sites for hydroxylation is 1. The maximum atomic E-state index is 6.80. The summed E-state index contributed by atoms with van der Waals surface area (Å²) < 4.78 is 1.20. The molecule has 1 aliphatic rings. The average Bonchev–Trinajstić information content (AvgIpc) is 2.62. The smallest absolute Gasteiger partial charge is 0.0619 e. The third kappa shape index (κ3) is 2.94. The van der Waals surface area contributed by atoms with Gasteiger partial charge in [0.05, 0.1) is 5.38 Å². The Hall–Kier alpha value is -0.790. The number of fused-ring (bicyclic) bond motifs is 1. The van der Waals surface area contributed by atoms with Crippen LogP contribution in [0.15, 0.2) is 53.0 Å². The second-order valence-electron chi connectivity index (χ2n) is 5.55. The minimum absolute atomic E-state index is 0.126. The van der Waals surface area contributed by atoms with E-state index in [0.29, 0.717) is 5.92 Å². The van der Waals surface area contributed by atoms with Crippen LogP contribution in [0.1, 0.15) is 34.9 Å². The van der Waals surface area contributed by atoms with E-state index in [2.05, 4.69) is 64.5 Å². The topological polar surface area (TPSA) is 0 Å². The summed E-state index contributed by atoms with van der Waals surface area (Å²) in [6.07, 6.45) is 4.63. The fourth-order valence-corrected chi connectivity index (χ4v) is 4.01. The molecule has 2 atom stereocenters. The fraction of sp³-hybridized carbons (Fsp3) is 0.333. The predicted molar refractivity (Wildman–Crippen MR) is 89.3 cm³/mol. The Labute approximate surface area is 134 Å². The molecule has 0 nitrogen and oxygen atoms in total. The second-order valence-corrected chi connectivity index (χ2v) is 6.87. The molecule has 0 saturated heterocycles. The third-order valence-electron chi connectivity index (χ3n) is 4.23. The van der Waals surface area contributed by atoms with Gasteiger partial charge in [0.15, 0.2) is 0 Å². The number of rotatable bonds is 2. The minimum Gasteiger partial charge on any atom is -0.117 e. The lowest BCUT2D eigenvalue weighted by Gasteiger charge is -2.22. The summed E-state index contributed by atoms with van der Waals surface area (Å²) in [5, 5.41) is 0.126. The van der Waals surface area contributed by atoms with E-state index < -0.39 is 0 Å². The molecule has 2 unspecified atom stereocenters. The lowest BCUT2D eigenvalue weighted by Crippen LogP contribution is -2.11. The molecule has 3 rings (SSSR count). The molecule has 0 aromatic heterocycles. The summed E-state index contributed by atoms with van der Waals surface area (Å²) in [5.41, 5.74) is 4.13. The Morgan fingerprint density at radius 3 is 2.65 bits per heavy atom. The van der Waals surface area contributed by atoms with Crippen molar-refractivity contribution in [3.05, 3.63) is 69.7 Å². The lowest BCUT2D eigenvalue weighted by molar-refractivity contribution is 0.465. The Balaban J connectivity index is 1.86. The van der Waals surface area contributed by atoms with E-state index >= 15 is 0 Å². The van der Waals surface area contributed by atoms with Gasteiger partial charge >= 0.3 is 0 Å². The molecule has 104 valence electrons. The Kier molecular flexibility index (Phi) is 4.48. The van der Waals surface area contributed by atoms with Crippen molar-refractivity contribution >= 4 is 27.5 Å². The summed E-state index contributed by atoms with van der Waals surface area (Å²) in [5.74, 6) is 0.513. The molecule has 0 radical (unpaired) electrons. The van der Waals surface area contributed by atoms with Gasteiger partial charge in [0, 0.05) is 4.47 Å². The first-order valence-electron chi connectivity index (χ1n) is 7.21. The van der Waals surface area contributed by atoms with Gasteiger partial charge in [-0.2, -0.15) is 0 Å². The van der Waals surface area contributed by atoms with Crippen LogP contribution >= 0.6 is 27.5 Å². The van der Waals surface area contributed by atoms with Gasteiger partial charge in [-0.25, -0.2) is 0 Å². The van der Waals surface area contributed by atoms with Crippen LogP contribution in [0.2, 0.25) is 0 Å². The fourth-order valence-electron chi connectivity index (χ4n) is 3.14. The van der Waals surface area contributed by atoms with Crippen molar-refractivity contribution in [1.29, 1.82) is 0 Å². The van der Waals surface area contributed by atoms with Crippen molar-refractivity contribution in [2.45, 2.75) is 31.1 Å².